The van der Waals surface area contributed by atoms with Crippen LogP contribution in [0, 0.1) is 0 Å². The summed E-state index contributed by atoms with van der Waals surface area (Å²) >= 11 is 0. The van der Waals surface area contributed by atoms with Crippen LogP contribution in [0.5, 0.6) is 0 Å². The lowest BCUT2D eigenvalue weighted by Crippen LogP contribution is -1.99. The summed E-state index contributed by atoms with van der Waals surface area (Å²) in [6.45, 7) is 0. The average Bonchev–Trinajstić information content (AvgIpc) is 2.69. The molecule has 2 N–H and O–H groups in total. The summed E-state index contributed by atoms with van der Waals surface area (Å²) in [5.41, 5.74) is 3.84. The number of hydrogen-bond donors (Lipinski definition) is 2. The van der Waals surface area contributed by atoms with Crippen molar-refractivity contribution in [1.82, 2.24) is 0 Å². The molecule has 2 heteroatoms. The standard InChI is InChI=1S/C23H19NO/c25-23(18-7-2-1-3-8-18)19-11-13-21(14-12-19)24-22-15-10-17-6-4-5-9-20(17)16-22/h1-16,23-25H/t23-/m0/s1. The fourth-order valence-electron chi connectivity index (χ4n) is 3.01. The summed E-state index contributed by atoms with van der Waals surface area (Å²) in [4.78, 5) is 0. The van der Waals surface area contributed by atoms with Gasteiger partial charge in [-0.15, -0.1) is 0 Å². The Morgan fingerprint density at radius 2 is 1.16 bits per heavy atom. The van der Waals surface area contributed by atoms with Gasteiger partial charge in [0.2, 0.25) is 0 Å². The Labute approximate surface area is 147 Å². The largest absolute Gasteiger partial charge is 0.384 e. The molecule has 0 saturated heterocycles. The molecule has 1 atom stereocenters. The lowest BCUT2D eigenvalue weighted by Gasteiger charge is -2.13. The topological polar surface area (TPSA) is 32.3 Å². The van der Waals surface area contributed by atoms with Gasteiger partial charge in [-0.3, -0.25) is 0 Å². The minimum atomic E-state index is -0.601. The highest BCUT2D eigenvalue weighted by molar-refractivity contribution is 5.86. The molecule has 0 amide bonds. The molecule has 4 aromatic rings. The molecule has 0 aliphatic rings. The fraction of sp³-hybridized carbons (Fsp3) is 0.0435. The van der Waals surface area contributed by atoms with E-state index in [2.05, 4.69) is 35.6 Å². The van der Waals surface area contributed by atoms with Crippen molar-refractivity contribution in [2.75, 3.05) is 5.32 Å². The minimum Gasteiger partial charge on any atom is -0.384 e. The number of aliphatic hydroxyl groups is 1. The van der Waals surface area contributed by atoms with Crippen molar-refractivity contribution in [3.8, 4) is 0 Å². The SMILES string of the molecule is O[C@@H](c1ccccc1)c1ccc(Nc2ccc3ccccc3c2)cc1. The van der Waals surface area contributed by atoms with E-state index in [0.717, 1.165) is 22.5 Å². The van der Waals surface area contributed by atoms with Gasteiger partial charge in [0, 0.05) is 11.4 Å². The second kappa shape index (κ2) is 6.80. The maximum absolute atomic E-state index is 10.5. The van der Waals surface area contributed by atoms with Gasteiger partial charge in [-0.25, -0.2) is 0 Å². The van der Waals surface area contributed by atoms with Crippen LogP contribution in [-0.2, 0) is 0 Å². The second-order valence-electron chi connectivity index (χ2n) is 6.12. The normalized spacial score (nSPS) is 12.0. The Kier molecular flexibility index (Phi) is 4.19. The summed E-state index contributed by atoms with van der Waals surface area (Å²) < 4.78 is 0. The Morgan fingerprint density at radius 1 is 0.560 bits per heavy atom. The van der Waals surface area contributed by atoms with Gasteiger partial charge in [0.15, 0.2) is 0 Å². The molecule has 4 aromatic carbocycles. The summed E-state index contributed by atoms with van der Waals surface area (Å²) in [5.74, 6) is 0. The van der Waals surface area contributed by atoms with Gasteiger partial charge in [-0.2, -0.15) is 0 Å². The third kappa shape index (κ3) is 3.39. The van der Waals surface area contributed by atoms with E-state index in [0.29, 0.717) is 0 Å². The summed E-state index contributed by atoms with van der Waals surface area (Å²) in [7, 11) is 0. The van der Waals surface area contributed by atoms with Gasteiger partial charge in [0.1, 0.15) is 6.10 Å². The summed E-state index contributed by atoms with van der Waals surface area (Å²) in [5, 5.41) is 16.3. The minimum absolute atomic E-state index is 0.601. The molecular weight excluding hydrogens is 306 g/mol. The molecule has 0 aliphatic heterocycles. The average molecular weight is 325 g/mol. The Hall–Kier alpha value is -3.10. The smallest absolute Gasteiger partial charge is 0.104 e. The lowest BCUT2D eigenvalue weighted by atomic mass is 10.0. The Bertz CT molecular complexity index is 978. The van der Waals surface area contributed by atoms with Crippen molar-refractivity contribution in [3.63, 3.8) is 0 Å². The number of anilines is 2. The first-order valence-electron chi connectivity index (χ1n) is 8.38. The van der Waals surface area contributed by atoms with Crippen LogP contribution in [0.15, 0.2) is 97.1 Å². The first-order chi connectivity index (χ1) is 12.3. The van der Waals surface area contributed by atoms with E-state index in [1.807, 2.05) is 66.7 Å². The third-order valence-electron chi connectivity index (χ3n) is 4.38. The molecule has 0 radical (unpaired) electrons. The summed E-state index contributed by atoms with van der Waals surface area (Å²) in [6.07, 6.45) is -0.601. The zero-order valence-corrected chi connectivity index (χ0v) is 13.8. The molecule has 0 spiro atoms. The van der Waals surface area contributed by atoms with E-state index in [-0.39, 0.29) is 0 Å². The van der Waals surface area contributed by atoms with Crippen molar-refractivity contribution < 1.29 is 5.11 Å². The van der Waals surface area contributed by atoms with E-state index >= 15 is 0 Å². The number of fused-ring (bicyclic) bond motifs is 1. The third-order valence-corrected chi connectivity index (χ3v) is 4.38. The Balaban J connectivity index is 1.53. The number of benzene rings is 4. The maximum atomic E-state index is 10.5. The van der Waals surface area contributed by atoms with E-state index < -0.39 is 6.10 Å². The fourth-order valence-corrected chi connectivity index (χ4v) is 3.01. The van der Waals surface area contributed by atoms with Crippen molar-refractivity contribution in [2.45, 2.75) is 6.10 Å². The molecule has 122 valence electrons. The monoisotopic (exact) mass is 325 g/mol. The molecular formula is C23H19NO. The molecule has 25 heavy (non-hydrogen) atoms. The molecule has 0 fully saturated rings. The van der Waals surface area contributed by atoms with Crippen molar-refractivity contribution >= 4 is 22.1 Å². The van der Waals surface area contributed by atoms with Gasteiger partial charge < -0.3 is 10.4 Å². The van der Waals surface area contributed by atoms with Crippen molar-refractivity contribution in [3.05, 3.63) is 108 Å². The molecule has 0 aliphatic carbocycles. The van der Waals surface area contributed by atoms with Crippen LogP contribution < -0.4 is 5.32 Å². The van der Waals surface area contributed by atoms with Gasteiger partial charge in [0.25, 0.3) is 0 Å². The van der Waals surface area contributed by atoms with Gasteiger partial charge in [-0.05, 0) is 46.2 Å². The highest BCUT2D eigenvalue weighted by Crippen LogP contribution is 2.25. The van der Waals surface area contributed by atoms with Crippen LogP contribution in [-0.4, -0.2) is 5.11 Å². The number of rotatable bonds is 4. The lowest BCUT2D eigenvalue weighted by molar-refractivity contribution is 0.220. The van der Waals surface area contributed by atoms with E-state index in [4.69, 9.17) is 0 Å². The zero-order valence-electron chi connectivity index (χ0n) is 13.8. The van der Waals surface area contributed by atoms with Crippen LogP contribution in [0.4, 0.5) is 11.4 Å². The molecule has 0 aromatic heterocycles. The maximum Gasteiger partial charge on any atom is 0.104 e. The highest BCUT2D eigenvalue weighted by Gasteiger charge is 2.09. The number of nitrogens with one attached hydrogen (secondary N) is 1. The van der Waals surface area contributed by atoms with Crippen LogP contribution in [0.2, 0.25) is 0 Å². The molecule has 2 nitrogen and oxygen atoms in total. The predicted octanol–water partition coefficient (Wildman–Crippen LogP) is 5.67. The second-order valence-corrected chi connectivity index (χ2v) is 6.12. The quantitative estimate of drug-likeness (QED) is 0.507. The molecule has 0 unspecified atom stereocenters. The van der Waals surface area contributed by atoms with Crippen LogP contribution in [0.3, 0.4) is 0 Å². The van der Waals surface area contributed by atoms with Crippen LogP contribution in [0.1, 0.15) is 17.2 Å². The van der Waals surface area contributed by atoms with Crippen molar-refractivity contribution in [1.29, 1.82) is 0 Å². The number of hydrogen-bond acceptors (Lipinski definition) is 2. The van der Waals surface area contributed by atoms with Crippen molar-refractivity contribution in [2.24, 2.45) is 0 Å². The predicted molar refractivity (Wildman–Crippen MR) is 104 cm³/mol. The summed E-state index contributed by atoms with van der Waals surface area (Å²) in [6, 6.07) is 32.3. The van der Waals surface area contributed by atoms with Crippen LogP contribution in [0.25, 0.3) is 10.8 Å². The van der Waals surface area contributed by atoms with E-state index in [1.165, 1.54) is 10.8 Å². The van der Waals surface area contributed by atoms with Crippen LogP contribution >= 0.6 is 0 Å². The van der Waals surface area contributed by atoms with E-state index in [9.17, 15) is 5.11 Å². The van der Waals surface area contributed by atoms with Gasteiger partial charge >= 0.3 is 0 Å². The first-order valence-corrected chi connectivity index (χ1v) is 8.38. The zero-order chi connectivity index (χ0) is 17.1. The van der Waals surface area contributed by atoms with E-state index in [1.54, 1.807) is 0 Å². The van der Waals surface area contributed by atoms with Gasteiger partial charge in [0.05, 0.1) is 0 Å². The molecule has 0 bridgehead atoms. The molecule has 4 rings (SSSR count). The highest BCUT2D eigenvalue weighted by atomic mass is 16.3. The first kappa shape index (κ1) is 15.4. The van der Waals surface area contributed by atoms with Gasteiger partial charge in [-0.1, -0.05) is 72.8 Å². The molecule has 0 saturated carbocycles. The molecule has 0 heterocycles. The number of aliphatic hydroxyl groups excluding tert-OH is 1. The Morgan fingerprint density at radius 3 is 1.92 bits per heavy atom.